The van der Waals surface area contributed by atoms with Gasteiger partial charge in [0.1, 0.15) is 0 Å². The van der Waals surface area contributed by atoms with Gasteiger partial charge in [-0.2, -0.15) is 17.4 Å². The van der Waals surface area contributed by atoms with Gasteiger partial charge < -0.3 is 5.32 Å². The minimum Gasteiger partial charge on any atom is -0.314 e. The summed E-state index contributed by atoms with van der Waals surface area (Å²) in [6.45, 7) is 7.41. The highest BCUT2D eigenvalue weighted by Gasteiger charge is 2.28. The minimum atomic E-state index is -3.37. The molecule has 2 N–H and O–H groups in total. The van der Waals surface area contributed by atoms with Gasteiger partial charge in [0.25, 0.3) is 10.2 Å². The zero-order chi connectivity index (χ0) is 14.5. The van der Waals surface area contributed by atoms with Gasteiger partial charge in [0.05, 0.1) is 0 Å². The van der Waals surface area contributed by atoms with E-state index in [0.717, 1.165) is 25.8 Å². The van der Waals surface area contributed by atoms with E-state index in [1.807, 2.05) is 20.8 Å². The van der Waals surface area contributed by atoms with Crippen molar-refractivity contribution in [1.29, 1.82) is 0 Å². The van der Waals surface area contributed by atoms with Crippen molar-refractivity contribution in [3.8, 4) is 0 Å². The second-order valence-corrected chi connectivity index (χ2v) is 7.56. The monoisotopic (exact) mass is 291 g/mol. The maximum atomic E-state index is 12.2. The Morgan fingerprint density at radius 2 is 1.84 bits per heavy atom. The lowest BCUT2D eigenvalue weighted by Gasteiger charge is -2.30. The molecule has 0 aliphatic heterocycles. The smallest absolute Gasteiger partial charge is 0.279 e. The topological polar surface area (TPSA) is 61.4 Å². The molecule has 0 unspecified atom stereocenters. The highest BCUT2D eigenvalue weighted by molar-refractivity contribution is 7.87. The molecule has 0 aromatic heterocycles. The van der Waals surface area contributed by atoms with Gasteiger partial charge in [-0.05, 0) is 45.6 Å². The largest absolute Gasteiger partial charge is 0.314 e. The molecule has 19 heavy (non-hydrogen) atoms. The summed E-state index contributed by atoms with van der Waals surface area (Å²) in [6.07, 6.45) is 4.96. The fourth-order valence-electron chi connectivity index (χ4n) is 1.80. The zero-order valence-corrected chi connectivity index (χ0v) is 13.5. The Labute approximate surface area is 118 Å². The first kappa shape index (κ1) is 16.9. The molecular formula is C13H29N3O2S. The molecule has 0 atom stereocenters. The van der Waals surface area contributed by atoms with Crippen molar-refractivity contribution in [3.63, 3.8) is 0 Å². The van der Waals surface area contributed by atoms with E-state index in [9.17, 15) is 8.42 Å². The summed E-state index contributed by atoms with van der Waals surface area (Å²) >= 11 is 0. The van der Waals surface area contributed by atoms with Crippen molar-refractivity contribution in [2.24, 2.45) is 0 Å². The Hall–Kier alpha value is -0.170. The van der Waals surface area contributed by atoms with Gasteiger partial charge in [-0.25, -0.2) is 0 Å². The van der Waals surface area contributed by atoms with Crippen LogP contribution in [0.3, 0.4) is 0 Å². The van der Waals surface area contributed by atoms with Gasteiger partial charge in [-0.15, -0.1) is 0 Å². The molecule has 0 saturated heterocycles. The molecule has 0 aromatic carbocycles. The Morgan fingerprint density at radius 1 is 1.26 bits per heavy atom. The average Bonchev–Trinajstić information content (AvgIpc) is 3.17. The number of nitrogens with zero attached hydrogens (tertiary/aromatic N) is 1. The van der Waals surface area contributed by atoms with Crippen LogP contribution in [-0.2, 0) is 10.2 Å². The first-order valence-corrected chi connectivity index (χ1v) is 8.75. The Bertz CT molecular complexity index is 362. The summed E-state index contributed by atoms with van der Waals surface area (Å²) in [4.78, 5) is 0. The normalized spacial score (nSPS) is 17.1. The van der Waals surface area contributed by atoms with Crippen LogP contribution in [-0.4, -0.2) is 44.4 Å². The lowest BCUT2D eigenvalue weighted by Crippen LogP contribution is -2.50. The lowest BCUT2D eigenvalue weighted by molar-refractivity contribution is 0.364. The fourth-order valence-corrected chi connectivity index (χ4v) is 3.24. The van der Waals surface area contributed by atoms with E-state index in [-0.39, 0.29) is 5.54 Å². The highest BCUT2D eigenvalue weighted by atomic mass is 32.2. The third kappa shape index (κ3) is 5.77. The van der Waals surface area contributed by atoms with Crippen LogP contribution in [0.1, 0.15) is 52.9 Å². The molecule has 0 heterocycles. The molecule has 0 aromatic rings. The lowest BCUT2D eigenvalue weighted by atomic mass is 9.98. The molecule has 1 rings (SSSR count). The molecule has 0 amide bonds. The van der Waals surface area contributed by atoms with Crippen LogP contribution >= 0.6 is 0 Å². The van der Waals surface area contributed by atoms with Crippen LogP contribution in [0, 0.1) is 0 Å². The SMILES string of the molecule is CCC(C)(CC)NS(=O)(=O)N(C)CCCNC1CC1. The van der Waals surface area contributed by atoms with Crippen LogP contribution in [0.2, 0.25) is 0 Å². The van der Waals surface area contributed by atoms with E-state index in [1.165, 1.54) is 17.1 Å². The number of hydrogen-bond donors (Lipinski definition) is 2. The first-order chi connectivity index (χ1) is 8.83. The molecule has 1 saturated carbocycles. The van der Waals surface area contributed by atoms with Crippen LogP contribution in [0.25, 0.3) is 0 Å². The van der Waals surface area contributed by atoms with Crippen molar-refractivity contribution < 1.29 is 8.42 Å². The number of rotatable bonds is 10. The molecule has 5 nitrogen and oxygen atoms in total. The second kappa shape index (κ2) is 7.02. The summed E-state index contributed by atoms with van der Waals surface area (Å²) in [7, 11) is -1.73. The van der Waals surface area contributed by atoms with Crippen molar-refractivity contribution >= 4 is 10.2 Å². The summed E-state index contributed by atoms with van der Waals surface area (Å²) in [5, 5.41) is 3.39. The fraction of sp³-hybridized carbons (Fsp3) is 1.00. The third-order valence-corrected chi connectivity index (χ3v) is 5.76. The predicted molar refractivity (Wildman–Crippen MR) is 79.3 cm³/mol. The van der Waals surface area contributed by atoms with Gasteiger partial charge >= 0.3 is 0 Å². The van der Waals surface area contributed by atoms with E-state index < -0.39 is 10.2 Å². The quantitative estimate of drug-likeness (QED) is 0.599. The van der Waals surface area contributed by atoms with E-state index in [1.54, 1.807) is 7.05 Å². The van der Waals surface area contributed by atoms with E-state index >= 15 is 0 Å². The van der Waals surface area contributed by atoms with Gasteiger partial charge in [-0.1, -0.05) is 13.8 Å². The highest BCUT2D eigenvalue weighted by Crippen LogP contribution is 2.18. The van der Waals surface area contributed by atoms with Crippen LogP contribution in [0.4, 0.5) is 0 Å². The molecular weight excluding hydrogens is 262 g/mol. The maximum Gasteiger partial charge on any atom is 0.279 e. The van der Waals surface area contributed by atoms with Gasteiger partial charge in [-0.3, -0.25) is 0 Å². The van der Waals surface area contributed by atoms with Crippen LogP contribution < -0.4 is 10.0 Å². The number of hydrogen-bond acceptors (Lipinski definition) is 3. The summed E-state index contributed by atoms with van der Waals surface area (Å²) < 4.78 is 28.6. The zero-order valence-electron chi connectivity index (χ0n) is 12.7. The van der Waals surface area contributed by atoms with Crippen molar-refractivity contribution in [3.05, 3.63) is 0 Å². The minimum absolute atomic E-state index is 0.348. The Kier molecular flexibility index (Phi) is 6.23. The van der Waals surface area contributed by atoms with Crippen molar-refractivity contribution in [2.75, 3.05) is 20.1 Å². The standard InChI is InChI=1S/C13H29N3O2S/c1-5-13(3,6-2)15-19(17,18)16(4)11-7-10-14-12-8-9-12/h12,14-15H,5-11H2,1-4H3. The van der Waals surface area contributed by atoms with Gasteiger partial charge in [0.2, 0.25) is 0 Å². The van der Waals surface area contributed by atoms with Crippen LogP contribution in [0.15, 0.2) is 0 Å². The molecule has 0 spiro atoms. The maximum absolute atomic E-state index is 12.2. The summed E-state index contributed by atoms with van der Waals surface area (Å²) in [6, 6.07) is 0.684. The average molecular weight is 291 g/mol. The molecule has 114 valence electrons. The van der Waals surface area contributed by atoms with Gasteiger partial charge in [0.15, 0.2) is 0 Å². The van der Waals surface area contributed by atoms with E-state index in [0.29, 0.717) is 12.6 Å². The molecule has 1 fully saturated rings. The molecule has 0 bridgehead atoms. The molecule has 0 radical (unpaired) electrons. The molecule has 6 heteroatoms. The molecule has 1 aliphatic rings. The Balaban J connectivity index is 2.36. The second-order valence-electron chi connectivity index (χ2n) is 5.78. The van der Waals surface area contributed by atoms with Crippen molar-refractivity contribution in [1.82, 2.24) is 14.3 Å². The summed E-state index contributed by atoms with van der Waals surface area (Å²) in [5.74, 6) is 0. The summed E-state index contributed by atoms with van der Waals surface area (Å²) in [5.41, 5.74) is -0.348. The predicted octanol–water partition coefficient (Wildman–Crippen LogP) is 1.47. The van der Waals surface area contributed by atoms with Crippen LogP contribution in [0.5, 0.6) is 0 Å². The van der Waals surface area contributed by atoms with E-state index in [2.05, 4.69) is 10.0 Å². The Morgan fingerprint density at radius 3 is 2.32 bits per heavy atom. The van der Waals surface area contributed by atoms with Crippen molar-refractivity contribution in [2.45, 2.75) is 64.5 Å². The number of nitrogens with one attached hydrogen (secondary N) is 2. The first-order valence-electron chi connectivity index (χ1n) is 7.31. The third-order valence-electron chi connectivity index (χ3n) is 4.01. The van der Waals surface area contributed by atoms with Gasteiger partial charge in [0, 0.05) is 25.2 Å². The van der Waals surface area contributed by atoms with E-state index in [4.69, 9.17) is 0 Å². The molecule has 1 aliphatic carbocycles.